The summed E-state index contributed by atoms with van der Waals surface area (Å²) in [6, 6.07) is 11.9. The zero-order valence-corrected chi connectivity index (χ0v) is 11.7. The topological polar surface area (TPSA) is 59.1 Å². The van der Waals surface area contributed by atoms with E-state index in [1.54, 1.807) is 43.5 Å². The molecule has 5 heteroatoms. The van der Waals surface area contributed by atoms with Crippen molar-refractivity contribution in [3.8, 4) is 0 Å². The Morgan fingerprint density at radius 3 is 2.58 bits per heavy atom. The van der Waals surface area contributed by atoms with Gasteiger partial charge in [0.2, 0.25) is 10.0 Å². The van der Waals surface area contributed by atoms with Gasteiger partial charge in [0.15, 0.2) is 0 Å². The highest BCUT2D eigenvalue weighted by molar-refractivity contribution is 7.89. The molecule has 1 heterocycles. The molecule has 0 bridgehead atoms. The van der Waals surface area contributed by atoms with Gasteiger partial charge in [0, 0.05) is 6.20 Å². The molecule has 0 spiro atoms. The van der Waals surface area contributed by atoms with Crippen molar-refractivity contribution in [1.82, 2.24) is 9.71 Å². The smallest absolute Gasteiger partial charge is 0.241 e. The second-order valence-electron chi connectivity index (χ2n) is 4.41. The van der Waals surface area contributed by atoms with Crippen molar-refractivity contribution in [2.24, 2.45) is 0 Å². The molecule has 1 atom stereocenters. The fourth-order valence-electron chi connectivity index (χ4n) is 1.78. The molecule has 0 aliphatic rings. The van der Waals surface area contributed by atoms with Crippen LogP contribution in [0.5, 0.6) is 0 Å². The monoisotopic (exact) mass is 276 g/mol. The molecule has 19 heavy (non-hydrogen) atoms. The highest BCUT2D eigenvalue weighted by Crippen LogP contribution is 2.15. The molecule has 0 saturated carbocycles. The maximum absolute atomic E-state index is 12.2. The predicted octanol–water partition coefficient (Wildman–Crippen LogP) is 2.43. The summed E-state index contributed by atoms with van der Waals surface area (Å²) >= 11 is 0. The fourth-order valence-corrected chi connectivity index (χ4v) is 3.10. The Hall–Kier alpha value is -1.72. The van der Waals surface area contributed by atoms with Crippen molar-refractivity contribution in [2.75, 3.05) is 0 Å². The summed E-state index contributed by atoms with van der Waals surface area (Å²) in [6.07, 6.45) is 1.65. The third-order valence-corrected chi connectivity index (χ3v) is 4.30. The summed E-state index contributed by atoms with van der Waals surface area (Å²) in [5.74, 6) is 0. The van der Waals surface area contributed by atoms with E-state index in [0.717, 1.165) is 5.56 Å². The Bertz CT molecular complexity index is 654. The van der Waals surface area contributed by atoms with E-state index in [1.807, 2.05) is 19.1 Å². The van der Waals surface area contributed by atoms with E-state index in [9.17, 15) is 8.42 Å². The van der Waals surface area contributed by atoms with E-state index in [-0.39, 0.29) is 10.9 Å². The standard InChI is InChI=1S/C14H16N2O2S/c1-11-6-5-7-13(10-11)19(17,18)16-12(2)14-8-3-4-9-15-14/h3-10,12,16H,1-2H3. The van der Waals surface area contributed by atoms with Crippen molar-refractivity contribution in [3.63, 3.8) is 0 Å². The van der Waals surface area contributed by atoms with Crippen molar-refractivity contribution >= 4 is 10.0 Å². The van der Waals surface area contributed by atoms with Crippen LogP contribution >= 0.6 is 0 Å². The lowest BCUT2D eigenvalue weighted by molar-refractivity contribution is 0.564. The van der Waals surface area contributed by atoms with E-state index < -0.39 is 10.0 Å². The second kappa shape index (κ2) is 5.50. The first-order valence-corrected chi connectivity index (χ1v) is 7.47. The molecule has 1 N–H and O–H groups in total. The molecule has 2 aromatic rings. The first-order valence-electron chi connectivity index (χ1n) is 5.99. The van der Waals surface area contributed by atoms with Crippen LogP contribution in [0.1, 0.15) is 24.2 Å². The predicted molar refractivity (Wildman–Crippen MR) is 74.2 cm³/mol. The van der Waals surface area contributed by atoms with E-state index >= 15 is 0 Å². The maximum Gasteiger partial charge on any atom is 0.241 e. The van der Waals surface area contributed by atoms with Crippen LogP contribution in [-0.2, 0) is 10.0 Å². The van der Waals surface area contributed by atoms with E-state index in [0.29, 0.717) is 5.69 Å². The minimum absolute atomic E-state index is 0.273. The fraction of sp³-hybridized carbons (Fsp3) is 0.214. The molecule has 2 rings (SSSR count). The molecule has 1 aromatic heterocycles. The number of hydrogen-bond acceptors (Lipinski definition) is 3. The van der Waals surface area contributed by atoms with Crippen molar-refractivity contribution in [2.45, 2.75) is 24.8 Å². The zero-order chi connectivity index (χ0) is 13.9. The molecule has 1 aromatic carbocycles. The Balaban J connectivity index is 2.23. The summed E-state index contributed by atoms with van der Waals surface area (Å²) in [5, 5.41) is 0. The minimum Gasteiger partial charge on any atom is -0.260 e. The Labute approximate surface area is 113 Å². The van der Waals surface area contributed by atoms with Crippen LogP contribution in [-0.4, -0.2) is 13.4 Å². The molecule has 4 nitrogen and oxygen atoms in total. The largest absolute Gasteiger partial charge is 0.260 e. The van der Waals surface area contributed by atoms with Crippen LogP contribution in [0.3, 0.4) is 0 Å². The lowest BCUT2D eigenvalue weighted by atomic mass is 10.2. The summed E-state index contributed by atoms with van der Waals surface area (Å²) in [7, 11) is -3.52. The third-order valence-electron chi connectivity index (χ3n) is 2.76. The number of aryl methyl sites for hydroxylation is 1. The number of nitrogens with one attached hydrogen (secondary N) is 1. The lowest BCUT2D eigenvalue weighted by Gasteiger charge is -2.13. The van der Waals surface area contributed by atoms with Gasteiger partial charge in [-0.15, -0.1) is 0 Å². The number of pyridine rings is 1. The quantitative estimate of drug-likeness (QED) is 0.933. The van der Waals surface area contributed by atoms with Crippen molar-refractivity contribution in [3.05, 3.63) is 59.9 Å². The van der Waals surface area contributed by atoms with Crippen LogP contribution in [0.15, 0.2) is 53.6 Å². The molecule has 0 radical (unpaired) electrons. The molecule has 100 valence electrons. The van der Waals surface area contributed by atoms with Gasteiger partial charge in [-0.25, -0.2) is 13.1 Å². The van der Waals surface area contributed by atoms with Gasteiger partial charge in [0.1, 0.15) is 0 Å². The molecule has 1 unspecified atom stereocenters. The second-order valence-corrected chi connectivity index (χ2v) is 6.13. The number of rotatable bonds is 4. The average Bonchev–Trinajstić information content (AvgIpc) is 2.39. The van der Waals surface area contributed by atoms with Crippen LogP contribution < -0.4 is 4.72 Å². The summed E-state index contributed by atoms with van der Waals surface area (Å²) in [5.41, 5.74) is 1.60. The van der Waals surface area contributed by atoms with Gasteiger partial charge in [0.25, 0.3) is 0 Å². The Morgan fingerprint density at radius 2 is 1.95 bits per heavy atom. The Morgan fingerprint density at radius 1 is 1.16 bits per heavy atom. The molecular formula is C14H16N2O2S. The number of nitrogens with zero attached hydrogens (tertiary/aromatic N) is 1. The summed E-state index contributed by atoms with van der Waals surface area (Å²) in [6.45, 7) is 3.64. The molecule has 0 saturated heterocycles. The zero-order valence-electron chi connectivity index (χ0n) is 10.9. The molecule has 0 amide bonds. The SMILES string of the molecule is Cc1cccc(S(=O)(=O)NC(C)c2ccccn2)c1. The van der Waals surface area contributed by atoms with Crippen molar-refractivity contribution < 1.29 is 8.42 Å². The lowest BCUT2D eigenvalue weighted by Crippen LogP contribution is -2.27. The molecular weight excluding hydrogens is 260 g/mol. The minimum atomic E-state index is -3.52. The number of hydrogen-bond donors (Lipinski definition) is 1. The van der Waals surface area contributed by atoms with Gasteiger partial charge in [-0.1, -0.05) is 18.2 Å². The first-order chi connectivity index (χ1) is 8.99. The summed E-state index contributed by atoms with van der Waals surface area (Å²) in [4.78, 5) is 4.42. The van der Waals surface area contributed by atoms with Gasteiger partial charge in [-0.2, -0.15) is 0 Å². The van der Waals surface area contributed by atoms with Gasteiger partial charge in [-0.05, 0) is 43.7 Å². The van der Waals surface area contributed by atoms with Crippen LogP contribution in [0, 0.1) is 6.92 Å². The third kappa shape index (κ3) is 3.39. The van der Waals surface area contributed by atoms with Gasteiger partial charge in [0.05, 0.1) is 16.6 Å². The number of benzene rings is 1. The average molecular weight is 276 g/mol. The van der Waals surface area contributed by atoms with E-state index in [1.165, 1.54) is 0 Å². The normalized spacial score (nSPS) is 13.2. The Kier molecular flexibility index (Phi) is 3.97. The van der Waals surface area contributed by atoms with E-state index in [2.05, 4.69) is 9.71 Å². The molecule has 0 aliphatic heterocycles. The van der Waals surface area contributed by atoms with Gasteiger partial charge < -0.3 is 0 Å². The molecule has 0 aliphatic carbocycles. The highest BCUT2D eigenvalue weighted by atomic mass is 32.2. The van der Waals surface area contributed by atoms with Crippen LogP contribution in [0.2, 0.25) is 0 Å². The van der Waals surface area contributed by atoms with Crippen molar-refractivity contribution in [1.29, 1.82) is 0 Å². The summed E-state index contributed by atoms with van der Waals surface area (Å²) < 4.78 is 27.1. The van der Waals surface area contributed by atoms with Crippen LogP contribution in [0.25, 0.3) is 0 Å². The van der Waals surface area contributed by atoms with E-state index in [4.69, 9.17) is 0 Å². The maximum atomic E-state index is 12.2. The van der Waals surface area contributed by atoms with Gasteiger partial charge >= 0.3 is 0 Å². The first kappa shape index (κ1) is 13.7. The van der Waals surface area contributed by atoms with Gasteiger partial charge in [-0.3, -0.25) is 4.98 Å². The molecule has 0 fully saturated rings. The highest BCUT2D eigenvalue weighted by Gasteiger charge is 2.18. The van der Waals surface area contributed by atoms with Crippen LogP contribution in [0.4, 0.5) is 0 Å². The number of sulfonamides is 1. The number of aromatic nitrogens is 1.